The third kappa shape index (κ3) is 3.76. The molecule has 0 aliphatic carbocycles. The monoisotopic (exact) mass is 451 g/mol. The van der Waals surface area contributed by atoms with Crippen molar-refractivity contribution in [2.24, 2.45) is 0 Å². The summed E-state index contributed by atoms with van der Waals surface area (Å²) in [5.74, 6) is -1.68. The minimum absolute atomic E-state index is 0.000975. The Hall–Kier alpha value is -2.33. The van der Waals surface area contributed by atoms with Crippen LogP contribution in [-0.4, -0.2) is 57.7 Å². The Balaban J connectivity index is 1.36. The highest BCUT2D eigenvalue weighted by atomic mass is 35.5. The summed E-state index contributed by atoms with van der Waals surface area (Å²) in [6, 6.07) is 5.68. The molecule has 164 valence electrons. The molecule has 0 amide bonds. The largest absolute Gasteiger partial charge is 0.456 e. The highest BCUT2D eigenvalue weighted by Crippen LogP contribution is 2.31. The zero-order chi connectivity index (χ0) is 21.7. The summed E-state index contributed by atoms with van der Waals surface area (Å²) in [4.78, 5) is 11.8. The first-order valence-corrected chi connectivity index (χ1v) is 10.4. The van der Waals surface area contributed by atoms with E-state index in [-0.39, 0.29) is 37.3 Å². The van der Waals surface area contributed by atoms with Crippen molar-refractivity contribution in [3.05, 3.63) is 52.2 Å². The zero-order valence-corrected chi connectivity index (χ0v) is 17.3. The minimum Gasteiger partial charge on any atom is -0.456 e. The highest BCUT2D eigenvalue weighted by molar-refractivity contribution is 6.31. The molecule has 0 saturated carbocycles. The van der Waals surface area contributed by atoms with Crippen molar-refractivity contribution in [3.63, 3.8) is 0 Å². The average molecular weight is 452 g/mol. The average Bonchev–Trinajstić information content (AvgIpc) is 3.39. The van der Waals surface area contributed by atoms with Crippen molar-refractivity contribution in [3.8, 4) is 6.01 Å². The summed E-state index contributed by atoms with van der Waals surface area (Å²) in [6.07, 6.45) is -1.62. The summed E-state index contributed by atoms with van der Waals surface area (Å²) < 4.78 is 45.2. The Morgan fingerprint density at radius 2 is 1.97 bits per heavy atom. The number of aliphatic hydroxyl groups excluding tert-OH is 1. The molecule has 5 atom stereocenters. The Morgan fingerprint density at radius 3 is 2.74 bits per heavy atom. The van der Waals surface area contributed by atoms with Gasteiger partial charge in [0.25, 0.3) is 6.01 Å². The predicted octanol–water partition coefficient (Wildman–Crippen LogP) is 3.14. The lowest BCUT2D eigenvalue weighted by molar-refractivity contribution is 0.00706. The van der Waals surface area contributed by atoms with Crippen molar-refractivity contribution in [2.75, 3.05) is 13.2 Å². The lowest BCUT2D eigenvalue weighted by Gasteiger charge is -2.15. The molecule has 1 aromatic carbocycles. The predicted molar refractivity (Wildman–Crippen MR) is 107 cm³/mol. The molecule has 3 aromatic rings. The van der Waals surface area contributed by atoms with Crippen LogP contribution in [0.1, 0.15) is 24.1 Å². The Morgan fingerprint density at radius 1 is 1.23 bits per heavy atom. The van der Waals surface area contributed by atoms with Gasteiger partial charge in [-0.2, -0.15) is 4.98 Å². The smallest absolute Gasteiger partial charge is 0.296 e. The summed E-state index contributed by atoms with van der Waals surface area (Å²) >= 11 is 6.38. The lowest BCUT2D eigenvalue weighted by Crippen LogP contribution is -2.34. The van der Waals surface area contributed by atoms with Gasteiger partial charge in [-0.1, -0.05) is 24.6 Å². The van der Waals surface area contributed by atoms with Crippen LogP contribution in [0, 0.1) is 11.6 Å². The fourth-order valence-electron chi connectivity index (χ4n) is 4.19. The number of fused-ring (bicyclic) bond motifs is 2. The molecular formula is C21H20ClF2N3O4. The van der Waals surface area contributed by atoms with Crippen molar-refractivity contribution in [1.29, 1.82) is 0 Å². The number of hydrogen-bond donors (Lipinski definition) is 2. The first-order valence-electron chi connectivity index (χ1n) is 9.97. The Labute approximate surface area is 181 Å². The van der Waals surface area contributed by atoms with E-state index in [1.54, 1.807) is 13.0 Å². The van der Waals surface area contributed by atoms with E-state index in [1.165, 1.54) is 18.2 Å². The molecule has 2 N–H and O–H groups in total. The van der Waals surface area contributed by atoms with E-state index in [1.807, 2.05) is 0 Å². The third-order valence-electron chi connectivity index (χ3n) is 5.71. The van der Waals surface area contributed by atoms with E-state index in [0.29, 0.717) is 21.9 Å². The highest BCUT2D eigenvalue weighted by Gasteiger charge is 2.48. The van der Waals surface area contributed by atoms with Gasteiger partial charge in [0.2, 0.25) is 0 Å². The number of benzene rings is 1. The Kier molecular flexibility index (Phi) is 5.29. The van der Waals surface area contributed by atoms with Gasteiger partial charge in [-0.15, -0.1) is 0 Å². The van der Waals surface area contributed by atoms with E-state index in [0.717, 1.165) is 0 Å². The number of hydrogen-bond acceptors (Lipinski definition) is 6. The lowest BCUT2D eigenvalue weighted by atomic mass is 9.95. The van der Waals surface area contributed by atoms with Crippen molar-refractivity contribution in [2.45, 2.75) is 43.7 Å². The number of halogens is 3. The summed E-state index contributed by atoms with van der Waals surface area (Å²) in [5.41, 5.74) is 1.42. The van der Waals surface area contributed by atoms with Gasteiger partial charge >= 0.3 is 0 Å². The maximum absolute atomic E-state index is 14.1. The van der Waals surface area contributed by atoms with Crippen molar-refractivity contribution in [1.82, 2.24) is 15.0 Å². The van der Waals surface area contributed by atoms with E-state index in [9.17, 15) is 13.9 Å². The van der Waals surface area contributed by atoms with Gasteiger partial charge < -0.3 is 24.3 Å². The molecule has 0 radical (unpaired) electrons. The number of rotatable bonds is 5. The molecular weight excluding hydrogens is 432 g/mol. The molecule has 5 rings (SSSR count). The number of aromatic amines is 1. The number of ether oxygens (including phenoxy) is 3. The van der Waals surface area contributed by atoms with Gasteiger partial charge in [-0.3, -0.25) is 0 Å². The molecule has 1 unspecified atom stereocenters. The normalized spacial score (nSPS) is 26.4. The van der Waals surface area contributed by atoms with Crippen LogP contribution in [-0.2, 0) is 15.9 Å². The van der Waals surface area contributed by atoms with Gasteiger partial charge in [0.15, 0.2) is 11.8 Å². The molecule has 2 fully saturated rings. The van der Waals surface area contributed by atoms with E-state index >= 15 is 0 Å². The number of aromatic nitrogens is 3. The third-order valence-corrected chi connectivity index (χ3v) is 6.04. The van der Waals surface area contributed by atoms with E-state index < -0.39 is 35.9 Å². The number of aliphatic hydroxyl groups is 1. The first-order chi connectivity index (χ1) is 14.9. The molecule has 31 heavy (non-hydrogen) atoms. The van der Waals surface area contributed by atoms with Crippen LogP contribution in [0.25, 0.3) is 11.2 Å². The van der Waals surface area contributed by atoms with Crippen LogP contribution < -0.4 is 4.74 Å². The molecule has 2 saturated heterocycles. The van der Waals surface area contributed by atoms with Gasteiger partial charge in [0, 0.05) is 5.56 Å². The summed E-state index contributed by atoms with van der Waals surface area (Å²) in [7, 11) is 0. The van der Waals surface area contributed by atoms with Gasteiger partial charge in [0.05, 0.1) is 29.4 Å². The molecule has 10 heteroatoms. The zero-order valence-electron chi connectivity index (χ0n) is 16.5. The summed E-state index contributed by atoms with van der Waals surface area (Å²) in [5, 5.41) is 10.2. The van der Waals surface area contributed by atoms with Gasteiger partial charge in [0.1, 0.15) is 29.9 Å². The van der Waals surface area contributed by atoms with Crippen molar-refractivity contribution < 1.29 is 28.1 Å². The fraction of sp³-hybridized carbons (Fsp3) is 0.429. The molecule has 2 aromatic heterocycles. The molecule has 4 heterocycles. The Bertz CT molecular complexity index is 1110. The molecule has 7 nitrogen and oxygen atoms in total. The summed E-state index contributed by atoms with van der Waals surface area (Å²) in [6.45, 7) is 2.19. The molecule has 0 bridgehead atoms. The number of nitrogens with zero attached hydrogens (tertiary/aromatic N) is 2. The van der Waals surface area contributed by atoms with Crippen molar-refractivity contribution >= 4 is 22.8 Å². The van der Waals surface area contributed by atoms with E-state index in [2.05, 4.69) is 15.0 Å². The molecule has 0 spiro atoms. The maximum Gasteiger partial charge on any atom is 0.296 e. The van der Waals surface area contributed by atoms with Crippen LogP contribution in [0.2, 0.25) is 5.02 Å². The number of pyridine rings is 1. The molecule has 2 aliphatic rings. The van der Waals surface area contributed by atoms with E-state index in [4.69, 9.17) is 25.8 Å². The second kappa shape index (κ2) is 7.98. The topological polar surface area (TPSA) is 89.5 Å². The van der Waals surface area contributed by atoms with Crippen LogP contribution in [0.15, 0.2) is 24.3 Å². The number of nitrogens with one attached hydrogen (secondary N) is 1. The quantitative estimate of drug-likeness (QED) is 0.619. The second-order valence-corrected chi connectivity index (χ2v) is 8.30. The number of imidazole rings is 1. The second-order valence-electron chi connectivity index (χ2n) is 7.89. The first kappa shape index (κ1) is 20.6. The standard InChI is InChI=1S/C21H20ClF2N3O4/c1-9(17-11(23)3-2-4-12(17)24)5-13-10(22)6-14-20(25-13)27-21(26-14)31-16-8-30-18-15(28)7-29-19(16)18/h2-4,6,9,15-16,18-19,28H,5,7-8H2,1H3,(H,25,26,27)/t9?,15-,16-,18-,19-/m1/s1. The van der Waals surface area contributed by atoms with Crippen LogP contribution in [0.4, 0.5) is 8.78 Å². The van der Waals surface area contributed by atoms with Crippen LogP contribution in [0.5, 0.6) is 6.01 Å². The maximum atomic E-state index is 14.1. The minimum atomic E-state index is -0.668. The SMILES string of the molecule is CC(Cc1nc2nc(O[C@@H]3CO[C@H]4[C@@H]3OC[C@H]4O)[nH]c2cc1Cl)c1c(F)cccc1F. The van der Waals surface area contributed by atoms with Gasteiger partial charge in [-0.05, 0) is 30.5 Å². The number of H-pyrrole nitrogens is 1. The molecule has 2 aliphatic heterocycles. The van der Waals surface area contributed by atoms with Crippen LogP contribution in [0.3, 0.4) is 0 Å². The van der Waals surface area contributed by atoms with Crippen LogP contribution >= 0.6 is 11.6 Å². The van der Waals surface area contributed by atoms with Gasteiger partial charge in [-0.25, -0.2) is 13.8 Å². The fourth-order valence-corrected chi connectivity index (χ4v) is 4.42.